The van der Waals surface area contributed by atoms with Crippen molar-refractivity contribution in [2.45, 2.75) is 4.90 Å². The Kier molecular flexibility index (Phi) is 4.79. The third-order valence-corrected chi connectivity index (χ3v) is 4.08. The minimum Gasteiger partial charge on any atom is -0.322 e. The van der Waals surface area contributed by atoms with Crippen molar-refractivity contribution in [1.29, 1.82) is 0 Å². The predicted molar refractivity (Wildman–Crippen MR) is 85.8 cm³/mol. The van der Waals surface area contributed by atoms with Crippen LogP contribution in [0.4, 0.5) is 5.69 Å². The average molecular weight is 377 g/mol. The van der Waals surface area contributed by atoms with Crippen LogP contribution in [0.25, 0.3) is 0 Å². The summed E-state index contributed by atoms with van der Waals surface area (Å²) in [5.74, 6) is -0.249. The summed E-state index contributed by atoms with van der Waals surface area (Å²) in [6, 6.07) is 10.2. The summed E-state index contributed by atoms with van der Waals surface area (Å²) < 4.78 is 0.697. The zero-order valence-electron chi connectivity index (χ0n) is 9.45. The largest absolute Gasteiger partial charge is 0.322 e. The predicted octanol–water partition coefficient (Wildman–Crippen LogP) is 5.30. The molecule has 0 heterocycles. The summed E-state index contributed by atoms with van der Waals surface area (Å²) in [4.78, 5) is 12.8. The maximum absolute atomic E-state index is 12.1. The van der Waals surface area contributed by atoms with Crippen molar-refractivity contribution in [3.8, 4) is 0 Å². The van der Waals surface area contributed by atoms with Crippen LogP contribution in [-0.2, 0) is 0 Å². The average Bonchev–Trinajstić information content (AvgIpc) is 2.36. The summed E-state index contributed by atoms with van der Waals surface area (Å²) in [6.07, 6.45) is 0. The van der Waals surface area contributed by atoms with Gasteiger partial charge in [-0.1, -0.05) is 23.2 Å². The molecule has 1 amide bonds. The lowest BCUT2D eigenvalue weighted by Gasteiger charge is -2.08. The molecule has 19 heavy (non-hydrogen) atoms. The molecule has 2 nitrogen and oxygen atoms in total. The van der Waals surface area contributed by atoms with Crippen LogP contribution in [0, 0.1) is 0 Å². The summed E-state index contributed by atoms with van der Waals surface area (Å²) >= 11 is 19.3. The number of hydrogen-bond acceptors (Lipinski definition) is 2. The Labute approximate surface area is 134 Å². The van der Waals surface area contributed by atoms with Gasteiger partial charge in [-0.05, 0) is 52.3 Å². The number of thiol groups is 1. The van der Waals surface area contributed by atoms with Crippen molar-refractivity contribution in [2.24, 2.45) is 0 Å². The zero-order chi connectivity index (χ0) is 14.0. The first-order chi connectivity index (χ1) is 8.97. The van der Waals surface area contributed by atoms with Gasteiger partial charge in [-0.15, -0.1) is 12.6 Å². The lowest BCUT2D eigenvalue weighted by molar-refractivity contribution is 0.102. The highest BCUT2D eigenvalue weighted by atomic mass is 79.9. The van der Waals surface area contributed by atoms with Crippen LogP contribution in [0.3, 0.4) is 0 Å². The summed E-state index contributed by atoms with van der Waals surface area (Å²) in [7, 11) is 0. The van der Waals surface area contributed by atoms with E-state index in [1.54, 1.807) is 36.4 Å². The van der Waals surface area contributed by atoms with Gasteiger partial charge >= 0.3 is 0 Å². The molecule has 0 atom stereocenters. The number of nitrogens with one attached hydrogen (secondary N) is 1. The molecule has 0 spiro atoms. The fraction of sp³-hybridized carbons (Fsp3) is 0. The number of amides is 1. The highest BCUT2D eigenvalue weighted by molar-refractivity contribution is 9.10. The quantitative estimate of drug-likeness (QED) is 0.684. The molecule has 0 aliphatic carbocycles. The van der Waals surface area contributed by atoms with E-state index >= 15 is 0 Å². The molecule has 2 rings (SSSR count). The molecule has 0 radical (unpaired) electrons. The number of carbonyl (C=O) groups is 1. The van der Waals surface area contributed by atoms with Crippen molar-refractivity contribution in [2.75, 3.05) is 5.32 Å². The molecule has 0 saturated heterocycles. The van der Waals surface area contributed by atoms with E-state index in [9.17, 15) is 4.79 Å². The molecular formula is C13H8BrCl2NOS. The topological polar surface area (TPSA) is 29.1 Å². The molecule has 98 valence electrons. The van der Waals surface area contributed by atoms with Crippen LogP contribution >= 0.6 is 51.8 Å². The lowest BCUT2D eigenvalue weighted by atomic mass is 10.2. The van der Waals surface area contributed by atoms with Crippen LogP contribution < -0.4 is 5.32 Å². The second-order valence-corrected chi connectivity index (χ2v) is 5.93. The van der Waals surface area contributed by atoms with Gasteiger partial charge < -0.3 is 5.32 Å². The van der Waals surface area contributed by atoms with E-state index in [2.05, 4.69) is 33.9 Å². The Morgan fingerprint density at radius 2 is 1.84 bits per heavy atom. The van der Waals surface area contributed by atoms with Gasteiger partial charge in [0.25, 0.3) is 5.91 Å². The number of carbonyl (C=O) groups excluding carboxylic acids is 1. The Morgan fingerprint density at radius 1 is 1.11 bits per heavy atom. The lowest BCUT2D eigenvalue weighted by Crippen LogP contribution is -2.12. The van der Waals surface area contributed by atoms with Gasteiger partial charge in [-0.2, -0.15) is 0 Å². The fourth-order valence-electron chi connectivity index (χ4n) is 1.46. The van der Waals surface area contributed by atoms with E-state index in [0.717, 1.165) is 0 Å². The highest BCUT2D eigenvalue weighted by Crippen LogP contribution is 2.26. The molecule has 0 unspecified atom stereocenters. The molecule has 6 heteroatoms. The minimum absolute atomic E-state index is 0.249. The van der Waals surface area contributed by atoms with E-state index in [4.69, 9.17) is 23.2 Å². The number of benzene rings is 2. The molecule has 0 bridgehead atoms. The highest BCUT2D eigenvalue weighted by Gasteiger charge is 2.11. The molecule has 0 aromatic heterocycles. The van der Waals surface area contributed by atoms with Gasteiger partial charge in [0.2, 0.25) is 0 Å². The van der Waals surface area contributed by atoms with Crippen molar-refractivity contribution < 1.29 is 4.79 Å². The maximum Gasteiger partial charge on any atom is 0.256 e. The molecule has 2 aromatic rings. The molecular weight excluding hydrogens is 369 g/mol. The zero-order valence-corrected chi connectivity index (χ0v) is 13.4. The van der Waals surface area contributed by atoms with Crippen molar-refractivity contribution in [1.82, 2.24) is 0 Å². The van der Waals surface area contributed by atoms with Gasteiger partial charge in [0.1, 0.15) is 0 Å². The summed E-state index contributed by atoms with van der Waals surface area (Å²) in [5.41, 5.74) is 1.08. The van der Waals surface area contributed by atoms with Gasteiger partial charge in [0.05, 0.1) is 15.6 Å². The SMILES string of the molecule is O=C(Nc1ccc(Cl)c(Cl)c1)c1cc(S)ccc1Br. The van der Waals surface area contributed by atoms with Crippen molar-refractivity contribution in [3.63, 3.8) is 0 Å². The van der Waals surface area contributed by atoms with Gasteiger partial charge in [-0.25, -0.2) is 0 Å². The van der Waals surface area contributed by atoms with Crippen LogP contribution in [0.15, 0.2) is 45.8 Å². The third-order valence-electron chi connectivity index (χ3n) is 2.37. The van der Waals surface area contributed by atoms with Gasteiger partial charge in [0, 0.05) is 15.1 Å². The number of anilines is 1. The smallest absolute Gasteiger partial charge is 0.256 e. The van der Waals surface area contributed by atoms with Crippen LogP contribution in [0.5, 0.6) is 0 Å². The monoisotopic (exact) mass is 375 g/mol. The van der Waals surface area contributed by atoms with E-state index in [-0.39, 0.29) is 5.91 Å². The fourth-order valence-corrected chi connectivity index (χ4v) is 2.39. The van der Waals surface area contributed by atoms with E-state index < -0.39 is 0 Å². The number of rotatable bonds is 2. The number of hydrogen-bond donors (Lipinski definition) is 2. The van der Waals surface area contributed by atoms with Crippen LogP contribution in [0.1, 0.15) is 10.4 Å². The second-order valence-electron chi connectivity index (χ2n) is 3.75. The second kappa shape index (κ2) is 6.18. The first kappa shape index (κ1) is 14.7. The molecule has 0 saturated carbocycles. The molecule has 0 aliphatic rings. The maximum atomic E-state index is 12.1. The molecule has 0 aliphatic heterocycles. The summed E-state index contributed by atoms with van der Waals surface area (Å²) in [5, 5.41) is 3.58. The first-order valence-electron chi connectivity index (χ1n) is 5.22. The summed E-state index contributed by atoms with van der Waals surface area (Å²) in [6.45, 7) is 0. The molecule has 0 fully saturated rings. The number of halogens is 3. The third kappa shape index (κ3) is 3.66. The molecule has 2 aromatic carbocycles. The van der Waals surface area contributed by atoms with Crippen molar-refractivity contribution >= 4 is 63.4 Å². The molecule has 1 N–H and O–H groups in total. The Balaban J connectivity index is 2.25. The Hall–Kier alpha value is -0.680. The van der Waals surface area contributed by atoms with Crippen molar-refractivity contribution in [3.05, 3.63) is 56.5 Å². The Bertz CT molecular complexity index is 649. The normalized spacial score (nSPS) is 10.3. The standard InChI is InChI=1S/C13H8BrCl2NOS/c14-10-3-2-8(19)6-9(10)13(18)17-7-1-4-11(15)12(16)5-7/h1-6,19H,(H,17,18). The minimum atomic E-state index is -0.249. The van der Waals surface area contributed by atoms with E-state index in [1.807, 2.05) is 0 Å². The Morgan fingerprint density at radius 3 is 2.53 bits per heavy atom. The first-order valence-corrected chi connectivity index (χ1v) is 7.22. The van der Waals surface area contributed by atoms with Crippen LogP contribution in [0.2, 0.25) is 10.0 Å². The van der Waals surface area contributed by atoms with Crippen LogP contribution in [-0.4, -0.2) is 5.91 Å². The van der Waals surface area contributed by atoms with E-state index in [0.29, 0.717) is 30.7 Å². The van der Waals surface area contributed by atoms with Gasteiger partial charge in [0.15, 0.2) is 0 Å². The van der Waals surface area contributed by atoms with E-state index in [1.165, 1.54) is 0 Å². The van der Waals surface area contributed by atoms with Gasteiger partial charge in [-0.3, -0.25) is 4.79 Å².